The van der Waals surface area contributed by atoms with E-state index in [1.165, 1.54) is 0 Å². The lowest BCUT2D eigenvalue weighted by Crippen LogP contribution is -2.30. The average Bonchev–Trinajstić information content (AvgIpc) is 2.93. The maximum Gasteiger partial charge on any atom is 0.0644 e. The summed E-state index contributed by atoms with van der Waals surface area (Å²) in [6.45, 7) is 4.29. The van der Waals surface area contributed by atoms with Crippen LogP contribution in [0.1, 0.15) is 43.6 Å². The first kappa shape index (κ1) is 15.8. The van der Waals surface area contributed by atoms with Crippen LogP contribution >= 0.6 is 11.6 Å². The van der Waals surface area contributed by atoms with Gasteiger partial charge in [0.1, 0.15) is 0 Å². The smallest absolute Gasteiger partial charge is 0.0644 e. The molecule has 0 amide bonds. The fourth-order valence-electron chi connectivity index (χ4n) is 2.25. The molecule has 6 heteroatoms. The molecule has 1 aromatic heterocycles. The summed E-state index contributed by atoms with van der Waals surface area (Å²) in [5, 5.41) is 5.21. The van der Waals surface area contributed by atoms with E-state index in [0.717, 1.165) is 17.7 Å². The minimum absolute atomic E-state index is 0.0949. The maximum atomic E-state index is 6.02. The molecule has 0 aliphatic carbocycles. The summed E-state index contributed by atoms with van der Waals surface area (Å²) in [6.07, 6.45) is 3.72. The summed E-state index contributed by atoms with van der Waals surface area (Å²) < 4.78 is 1.98. The van der Waals surface area contributed by atoms with Crippen LogP contribution in [0.25, 0.3) is 0 Å². The van der Waals surface area contributed by atoms with E-state index in [9.17, 15) is 0 Å². The van der Waals surface area contributed by atoms with Crippen LogP contribution < -0.4 is 17.0 Å². The molecular weight excluding hydrogens is 286 g/mol. The van der Waals surface area contributed by atoms with Crippen molar-refractivity contribution in [3.05, 3.63) is 46.7 Å². The molecule has 114 valence electrons. The molecule has 0 radical (unpaired) electrons. The Hall–Kier alpha value is -1.56. The Kier molecular flexibility index (Phi) is 5.22. The Morgan fingerprint density at radius 1 is 1.38 bits per heavy atom. The highest BCUT2D eigenvalue weighted by Gasteiger charge is 2.16. The van der Waals surface area contributed by atoms with E-state index in [1.807, 2.05) is 29.1 Å². The molecule has 0 fully saturated rings. The number of nitrogens with two attached hydrogens (primary N) is 2. The van der Waals surface area contributed by atoms with Crippen LogP contribution in [0.5, 0.6) is 0 Å². The van der Waals surface area contributed by atoms with Crippen molar-refractivity contribution in [3.8, 4) is 0 Å². The van der Waals surface area contributed by atoms with Gasteiger partial charge in [0.2, 0.25) is 0 Å². The molecule has 0 bridgehead atoms. The molecule has 0 saturated heterocycles. The number of anilines is 1. The van der Waals surface area contributed by atoms with Gasteiger partial charge in [0.15, 0.2) is 0 Å². The number of nitrogen functional groups attached to an aromatic ring is 1. The van der Waals surface area contributed by atoms with Crippen molar-refractivity contribution < 1.29 is 0 Å². The van der Waals surface area contributed by atoms with E-state index in [-0.39, 0.29) is 6.04 Å². The minimum Gasteiger partial charge on any atom is -0.398 e. The van der Waals surface area contributed by atoms with Gasteiger partial charge in [-0.25, -0.2) is 0 Å². The van der Waals surface area contributed by atoms with Crippen LogP contribution in [0.3, 0.4) is 0 Å². The lowest BCUT2D eigenvalue weighted by Gasteiger charge is -2.17. The second kappa shape index (κ2) is 6.93. The fraction of sp³-hybridized carbons (Fsp3) is 0.400. The standard InChI is InChI=1S/C15H22ClN5/c1-3-10(2)21-7-6-12(20-21)9-15(19-18)13-5-4-11(16)8-14(13)17/h4-8,10,15,19H,3,9,17-18H2,1-2H3. The first-order valence-electron chi connectivity index (χ1n) is 7.10. The molecule has 0 saturated carbocycles. The Balaban J connectivity index is 2.17. The van der Waals surface area contributed by atoms with Gasteiger partial charge >= 0.3 is 0 Å². The van der Waals surface area contributed by atoms with Crippen molar-refractivity contribution >= 4 is 17.3 Å². The number of hydrogen-bond acceptors (Lipinski definition) is 4. The van der Waals surface area contributed by atoms with Gasteiger partial charge in [-0.3, -0.25) is 16.0 Å². The first-order valence-corrected chi connectivity index (χ1v) is 7.48. The predicted molar refractivity (Wildman–Crippen MR) is 86.9 cm³/mol. The zero-order valence-electron chi connectivity index (χ0n) is 12.4. The van der Waals surface area contributed by atoms with Gasteiger partial charge in [0.25, 0.3) is 0 Å². The second-order valence-electron chi connectivity index (χ2n) is 5.24. The average molecular weight is 308 g/mol. The summed E-state index contributed by atoms with van der Waals surface area (Å²) >= 11 is 5.93. The number of hydrazine groups is 1. The van der Waals surface area contributed by atoms with E-state index in [0.29, 0.717) is 23.2 Å². The topological polar surface area (TPSA) is 81.9 Å². The van der Waals surface area contributed by atoms with E-state index < -0.39 is 0 Å². The van der Waals surface area contributed by atoms with Gasteiger partial charge in [-0.2, -0.15) is 5.10 Å². The highest BCUT2D eigenvalue weighted by Crippen LogP contribution is 2.26. The van der Waals surface area contributed by atoms with Crippen molar-refractivity contribution in [1.82, 2.24) is 15.2 Å². The zero-order chi connectivity index (χ0) is 15.4. The van der Waals surface area contributed by atoms with Crippen LogP contribution in [0, 0.1) is 0 Å². The summed E-state index contributed by atoms with van der Waals surface area (Å²) in [5.41, 5.74) is 11.4. The summed E-state index contributed by atoms with van der Waals surface area (Å²) in [6, 6.07) is 7.76. The SMILES string of the molecule is CCC(C)n1ccc(CC(NN)c2ccc(Cl)cc2N)n1. The molecule has 0 spiro atoms. The van der Waals surface area contributed by atoms with Crippen molar-refractivity contribution in [1.29, 1.82) is 0 Å². The number of aromatic nitrogens is 2. The highest BCUT2D eigenvalue weighted by atomic mass is 35.5. The molecule has 2 aromatic rings. The van der Waals surface area contributed by atoms with Crippen molar-refractivity contribution in [3.63, 3.8) is 0 Å². The minimum atomic E-state index is -0.0949. The summed E-state index contributed by atoms with van der Waals surface area (Å²) in [7, 11) is 0. The Morgan fingerprint density at radius 2 is 2.14 bits per heavy atom. The van der Waals surface area contributed by atoms with E-state index >= 15 is 0 Å². The third-order valence-electron chi connectivity index (χ3n) is 3.74. The van der Waals surface area contributed by atoms with E-state index in [1.54, 1.807) is 6.07 Å². The lowest BCUT2D eigenvalue weighted by molar-refractivity contribution is 0.467. The molecule has 1 heterocycles. The van der Waals surface area contributed by atoms with Gasteiger partial charge in [-0.15, -0.1) is 0 Å². The number of halogens is 1. The number of benzene rings is 1. The largest absolute Gasteiger partial charge is 0.398 e. The van der Waals surface area contributed by atoms with Gasteiger partial charge in [0.05, 0.1) is 11.7 Å². The molecule has 0 aliphatic rings. The lowest BCUT2D eigenvalue weighted by atomic mass is 10.0. The van der Waals surface area contributed by atoms with E-state index in [2.05, 4.69) is 24.4 Å². The third-order valence-corrected chi connectivity index (χ3v) is 3.98. The molecule has 5 N–H and O–H groups in total. The second-order valence-corrected chi connectivity index (χ2v) is 5.68. The van der Waals surface area contributed by atoms with Crippen LogP contribution in [0.15, 0.2) is 30.5 Å². The molecule has 1 aromatic carbocycles. The molecule has 2 unspecified atom stereocenters. The number of hydrogen-bond donors (Lipinski definition) is 3. The molecule has 2 rings (SSSR count). The first-order chi connectivity index (χ1) is 10.0. The van der Waals surface area contributed by atoms with Crippen molar-refractivity contribution in [2.24, 2.45) is 5.84 Å². The quantitative estimate of drug-likeness (QED) is 0.435. The highest BCUT2D eigenvalue weighted by molar-refractivity contribution is 6.30. The van der Waals surface area contributed by atoms with Gasteiger partial charge in [-0.05, 0) is 37.1 Å². The Morgan fingerprint density at radius 3 is 2.76 bits per heavy atom. The zero-order valence-corrected chi connectivity index (χ0v) is 13.1. The molecule has 5 nitrogen and oxygen atoms in total. The number of nitrogens with one attached hydrogen (secondary N) is 1. The molecule has 21 heavy (non-hydrogen) atoms. The van der Waals surface area contributed by atoms with Crippen LogP contribution in [0.2, 0.25) is 5.02 Å². The van der Waals surface area contributed by atoms with Crippen molar-refractivity contribution in [2.45, 2.75) is 38.8 Å². The monoisotopic (exact) mass is 307 g/mol. The van der Waals surface area contributed by atoms with Gasteiger partial charge in [-0.1, -0.05) is 24.6 Å². The van der Waals surface area contributed by atoms with Crippen molar-refractivity contribution in [2.75, 3.05) is 5.73 Å². The predicted octanol–water partition coefficient (Wildman–Crippen LogP) is 2.84. The molecular formula is C15H22ClN5. The fourth-order valence-corrected chi connectivity index (χ4v) is 2.43. The van der Waals surface area contributed by atoms with Gasteiger partial charge in [0, 0.05) is 29.4 Å². The molecule has 0 aliphatic heterocycles. The third kappa shape index (κ3) is 3.75. The van der Waals surface area contributed by atoms with Crippen LogP contribution in [-0.4, -0.2) is 9.78 Å². The van der Waals surface area contributed by atoms with Crippen LogP contribution in [-0.2, 0) is 6.42 Å². The number of rotatable bonds is 6. The normalized spacial score (nSPS) is 14.1. The van der Waals surface area contributed by atoms with Crippen LogP contribution in [0.4, 0.5) is 5.69 Å². The Bertz CT molecular complexity index is 595. The molecule has 2 atom stereocenters. The summed E-state index contributed by atoms with van der Waals surface area (Å²) in [4.78, 5) is 0. The summed E-state index contributed by atoms with van der Waals surface area (Å²) in [5.74, 6) is 5.68. The maximum absolute atomic E-state index is 6.02. The van der Waals surface area contributed by atoms with E-state index in [4.69, 9.17) is 23.2 Å². The van der Waals surface area contributed by atoms with Gasteiger partial charge < -0.3 is 5.73 Å². The Labute approximate surface area is 130 Å². The number of nitrogens with zero attached hydrogens (tertiary/aromatic N) is 2.